The van der Waals surface area contributed by atoms with E-state index in [0.717, 1.165) is 32.1 Å². The summed E-state index contributed by atoms with van der Waals surface area (Å²) in [6.45, 7) is 1.45. The molecule has 7 heteroatoms. The van der Waals surface area contributed by atoms with Crippen molar-refractivity contribution in [3.05, 3.63) is 0 Å². The second-order valence-electron chi connectivity index (χ2n) is 4.85. The molecule has 1 fully saturated rings. The minimum absolute atomic E-state index is 0.0296. The van der Waals surface area contributed by atoms with E-state index in [9.17, 15) is 14.4 Å². The number of amides is 2. The Bertz CT molecular complexity index is 353. The molecule has 2 amide bonds. The Labute approximate surface area is 118 Å². The molecule has 0 aromatic rings. The van der Waals surface area contributed by atoms with Gasteiger partial charge in [0.05, 0.1) is 6.61 Å². The van der Waals surface area contributed by atoms with Crippen LogP contribution in [0.1, 0.15) is 39.0 Å². The Hall–Kier alpha value is -1.79. The Morgan fingerprint density at radius 2 is 1.90 bits per heavy atom. The molecule has 20 heavy (non-hydrogen) atoms. The summed E-state index contributed by atoms with van der Waals surface area (Å²) < 4.78 is 4.79. The third-order valence-corrected chi connectivity index (χ3v) is 3.37. The first kappa shape index (κ1) is 16.3. The Morgan fingerprint density at radius 1 is 1.25 bits per heavy atom. The van der Waals surface area contributed by atoms with Gasteiger partial charge in [0, 0.05) is 0 Å². The van der Waals surface area contributed by atoms with Gasteiger partial charge in [0.2, 0.25) is 5.91 Å². The van der Waals surface area contributed by atoms with E-state index < -0.39 is 30.6 Å². The number of nitrogens with one attached hydrogen (secondary N) is 2. The normalized spacial score (nSPS) is 17.1. The van der Waals surface area contributed by atoms with Gasteiger partial charge >= 0.3 is 12.1 Å². The second kappa shape index (κ2) is 8.39. The van der Waals surface area contributed by atoms with Crippen LogP contribution in [0.2, 0.25) is 0 Å². The van der Waals surface area contributed by atoms with Gasteiger partial charge < -0.3 is 20.5 Å². The van der Waals surface area contributed by atoms with E-state index in [-0.39, 0.29) is 12.5 Å². The molecular formula is C13H22N2O5. The number of aliphatic carboxylic acids is 1. The fourth-order valence-corrected chi connectivity index (χ4v) is 2.44. The maximum atomic E-state index is 12.0. The first-order chi connectivity index (χ1) is 9.54. The second-order valence-corrected chi connectivity index (χ2v) is 4.85. The van der Waals surface area contributed by atoms with E-state index >= 15 is 0 Å². The lowest BCUT2D eigenvalue weighted by Crippen LogP contribution is -2.52. The zero-order chi connectivity index (χ0) is 15.0. The Kier molecular flexibility index (Phi) is 6.83. The van der Waals surface area contributed by atoms with Crippen molar-refractivity contribution < 1.29 is 24.2 Å². The van der Waals surface area contributed by atoms with Gasteiger partial charge in [-0.25, -0.2) is 4.79 Å². The molecule has 1 saturated carbocycles. The predicted molar refractivity (Wildman–Crippen MR) is 71.2 cm³/mol. The molecule has 0 spiro atoms. The van der Waals surface area contributed by atoms with Crippen LogP contribution < -0.4 is 10.6 Å². The summed E-state index contributed by atoms with van der Waals surface area (Å²) in [5.41, 5.74) is 0. The topological polar surface area (TPSA) is 105 Å². The van der Waals surface area contributed by atoms with Gasteiger partial charge in [-0.3, -0.25) is 9.59 Å². The smallest absolute Gasteiger partial charge is 0.407 e. The van der Waals surface area contributed by atoms with Crippen LogP contribution in [0.15, 0.2) is 0 Å². The fraction of sp³-hybridized carbons (Fsp3) is 0.769. The van der Waals surface area contributed by atoms with Gasteiger partial charge in [-0.1, -0.05) is 19.3 Å². The first-order valence-electron chi connectivity index (χ1n) is 6.97. The van der Waals surface area contributed by atoms with Gasteiger partial charge in [-0.15, -0.1) is 0 Å². The molecule has 0 radical (unpaired) electrons. The highest BCUT2D eigenvalue weighted by Crippen LogP contribution is 2.26. The number of hydrogen-bond acceptors (Lipinski definition) is 4. The molecule has 0 saturated heterocycles. The Balaban J connectivity index is 2.63. The average molecular weight is 286 g/mol. The van der Waals surface area contributed by atoms with Crippen LogP contribution in [-0.2, 0) is 14.3 Å². The number of hydrogen-bond donors (Lipinski definition) is 3. The van der Waals surface area contributed by atoms with Crippen molar-refractivity contribution in [2.75, 3.05) is 13.2 Å². The first-order valence-corrected chi connectivity index (χ1v) is 6.97. The minimum Gasteiger partial charge on any atom is -0.480 e. The quantitative estimate of drug-likeness (QED) is 0.672. The summed E-state index contributed by atoms with van der Waals surface area (Å²) in [7, 11) is 0. The zero-order valence-electron chi connectivity index (χ0n) is 11.7. The maximum absolute atomic E-state index is 12.0. The number of carbonyl (C=O) groups excluding carboxylic acids is 2. The molecule has 1 rings (SSSR count). The number of ether oxygens (including phenoxy) is 1. The van der Waals surface area contributed by atoms with Crippen LogP contribution >= 0.6 is 0 Å². The monoisotopic (exact) mass is 286 g/mol. The lowest BCUT2D eigenvalue weighted by molar-refractivity contribution is -0.138. The molecule has 1 aliphatic carbocycles. The molecule has 7 nitrogen and oxygen atoms in total. The highest BCUT2D eigenvalue weighted by Gasteiger charge is 2.31. The van der Waals surface area contributed by atoms with Gasteiger partial charge in [-0.2, -0.15) is 0 Å². The number of rotatable bonds is 6. The number of carbonyl (C=O) groups is 3. The van der Waals surface area contributed by atoms with E-state index in [0.29, 0.717) is 0 Å². The maximum Gasteiger partial charge on any atom is 0.407 e. The largest absolute Gasteiger partial charge is 0.480 e. The summed E-state index contributed by atoms with van der Waals surface area (Å²) in [6, 6.07) is -0.728. The molecule has 3 N–H and O–H groups in total. The molecule has 1 aliphatic rings. The lowest BCUT2D eigenvalue weighted by Gasteiger charge is -2.29. The van der Waals surface area contributed by atoms with Gasteiger partial charge in [0.15, 0.2) is 0 Å². The van der Waals surface area contributed by atoms with Crippen molar-refractivity contribution in [2.24, 2.45) is 5.92 Å². The van der Waals surface area contributed by atoms with Crippen LogP contribution in [0.4, 0.5) is 4.79 Å². The molecule has 0 heterocycles. The Morgan fingerprint density at radius 3 is 2.45 bits per heavy atom. The van der Waals surface area contributed by atoms with Crippen molar-refractivity contribution in [1.82, 2.24) is 10.6 Å². The third kappa shape index (κ3) is 5.46. The van der Waals surface area contributed by atoms with Gasteiger partial charge in [0.1, 0.15) is 12.6 Å². The lowest BCUT2D eigenvalue weighted by atomic mass is 9.83. The highest BCUT2D eigenvalue weighted by molar-refractivity contribution is 5.88. The summed E-state index contributed by atoms with van der Waals surface area (Å²) in [6.07, 6.45) is 4.19. The van der Waals surface area contributed by atoms with E-state index in [1.165, 1.54) is 0 Å². The molecule has 1 unspecified atom stereocenters. The van der Waals surface area contributed by atoms with Crippen LogP contribution in [0, 0.1) is 5.92 Å². The highest BCUT2D eigenvalue weighted by atomic mass is 16.5. The van der Waals surface area contributed by atoms with Crippen molar-refractivity contribution in [3.63, 3.8) is 0 Å². The van der Waals surface area contributed by atoms with Gasteiger partial charge in [0.25, 0.3) is 0 Å². The van der Waals surface area contributed by atoms with Gasteiger partial charge in [-0.05, 0) is 25.7 Å². The van der Waals surface area contributed by atoms with Crippen LogP contribution in [0.3, 0.4) is 0 Å². The minimum atomic E-state index is -1.11. The van der Waals surface area contributed by atoms with E-state index in [1.807, 2.05) is 0 Å². The van der Waals surface area contributed by atoms with Crippen molar-refractivity contribution >= 4 is 18.0 Å². The summed E-state index contributed by atoms with van der Waals surface area (Å²) in [4.78, 5) is 34.1. The van der Waals surface area contributed by atoms with E-state index in [1.54, 1.807) is 6.92 Å². The molecule has 0 aliphatic heterocycles. The summed E-state index contributed by atoms with van der Waals surface area (Å²) in [5, 5.41) is 13.5. The van der Waals surface area contributed by atoms with E-state index in [4.69, 9.17) is 9.84 Å². The summed E-state index contributed by atoms with van der Waals surface area (Å²) >= 11 is 0. The molecule has 114 valence electrons. The van der Waals surface area contributed by atoms with Crippen molar-refractivity contribution in [3.8, 4) is 0 Å². The molecule has 0 aromatic heterocycles. The number of carboxylic acids is 1. The third-order valence-electron chi connectivity index (χ3n) is 3.37. The predicted octanol–water partition coefficient (Wildman–Crippen LogP) is 0.882. The molecule has 0 bridgehead atoms. The van der Waals surface area contributed by atoms with E-state index in [2.05, 4.69) is 10.6 Å². The standard InChI is InChI=1S/C13H22N2O5/c1-2-20-13(19)15-11(9-6-4-3-5-7-9)12(18)14-8-10(16)17/h9,11H,2-8H2,1H3,(H,14,18)(H,15,19)(H,16,17). The number of carboxylic acid groups (broad SMARTS) is 1. The average Bonchev–Trinajstić information content (AvgIpc) is 2.43. The van der Waals surface area contributed by atoms with Crippen molar-refractivity contribution in [1.29, 1.82) is 0 Å². The molecular weight excluding hydrogens is 264 g/mol. The van der Waals surface area contributed by atoms with Crippen LogP contribution in [-0.4, -0.2) is 42.3 Å². The molecule has 1 atom stereocenters. The summed E-state index contributed by atoms with van der Waals surface area (Å²) in [5.74, 6) is -1.55. The SMILES string of the molecule is CCOC(=O)NC(C(=O)NCC(=O)O)C1CCCCC1. The van der Waals surface area contributed by atoms with Crippen LogP contribution in [0.5, 0.6) is 0 Å². The zero-order valence-corrected chi connectivity index (χ0v) is 11.7. The molecule has 0 aromatic carbocycles. The fourth-order valence-electron chi connectivity index (χ4n) is 2.44. The van der Waals surface area contributed by atoms with Crippen molar-refractivity contribution in [2.45, 2.75) is 45.1 Å². The number of alkyl carbamates (subject to hydrolysis) is 1. The van der Waals surface area contributed by atoms with Crippen LogP contribution in [0.25, 0.3) is 0 Å².